The van der Waals surface area contributed by atoms with Crippen molar-refractivity contribution in [3.05, 3.63) is 102 Å². The maximum atomic E-state index is 13.5. The van der Waals surface area contributed by atoms with Crippen molar-refractivity contribution in [2.45, 2.75) is 13.5 Å². The van der Waals surface area contributed by atoms with Gasteiger partial charge in [0.25, 0.3) is 11.8 Å². The number of amides is 3. The molecule has 6 heteroatoms. The minimum Gasteiger partial charge on any atom is -0.365 e. The standard InChI is InChI=1S/C26H23N3O3/c1-18(30)27-21-15-13-20(14-16-21)23-24(28(2)17-19-9-5-3-6-10-19)26(32)29(25(23)31)22-11-7-4-8-12-22/h3-16H,17H2,1-2H3,(H,27,30). The molecular formula is C26H23N3O3. The highest BCUT2D eigenvalue weighted by atomic mass is 16.2. The Kier molecular flexibility index (Phi) is 5.85. The summed E-state index contributed by atoms with van der Waals surface area (Å²) in [6.45, 7) is 1.91. The van der Waals surface area contributed by atoms with Crippen LogP contribution in [0.25, 0.3) is 5.57 Å². The first-order valence-electron chi connectivity index (χ1n) is 10.3. The molecule has 0 radical (unpaired) electrons. The zero-order chi connectivity index (χ0) is 22.7. The van der Waals surface area contributed by atoms with Crippen LogP contribution in [0.1, 0.15) is 18.1 Å². The monoisotopic (exact) mass is 425 g/mol. The quantitative estimate of drug-likeness (QED) is 0.605. The second-order valence-electron chi connectivity index (χ2n) is 7.61. The molecule has 1 aliphatic heterocycles. The molecule has 3 aromatic carbocycles. The van der Waals surface area contributed by atoms with E-state index >= 15 is 0 Å². The number of para-hydroxylation sites is 1. The van der Waals surface area contributed by atoms with Crippen LogP contribution in [0, 0.1) is 0 Å². The summed E-state index contributed by atoms with van der Waals surface area (Å²) in [7, 11) is 1.81. The number of nitrogens with zero attached hydrogens (tertiary/aromatic N) is 2. The average Bonchev–Trinajstić information content (AvgIpc) is 3.05. The molecule has 1 N–H and O–H groups in total. The van der Waals surface area contributed by atoms with Crippen LogP contribution in [0.2, 0.25) is 0 Å². The van der Waals surface area contributed by atoms with Crippen molar-refractivity contribution >= 4 is 34.7 Å². The van der Waals surface area contributed by atoms with Gasteiger partial charge in [0.2, 0.25) is 5.91 Å². The number of anilines is 2. The maximum Gasteiger partial charge on any atom is 0.282 e. The van der Waals surface area contributed by atoms with Gasteiger partial charge in [0.05, 0.1) is 11.3 Å². The average molecular weight is 425 g/mol. The first kappa shape index (κ1) is 21.1. The highest BCUT2D eigenvalue weighted by molar-refractivity contribution is 6.45. The lowest BCUT2D eigenvalue weighted by Crippen LogP contribution is -2.34. The molecule has 0 aromatic heterocycles. The Labute approximate surface area is 186 Å². The number of hydrogen-bond acceptors (Lipinski definition) is 4. The Morgan fingerprint density at radius 1 is 0.844 bits per heavy atom. The van der Waals surface area contributed by atoms with Crippen molar-refractivity contribution in [2.24, 2.45) is 0 Å². The van der Waals surface area contributed by atoms with E-state index in [1.165, 1.54) is 11.8 Å². The Morgan fingerprint density at radius 2 is 1.44 bits per heavy atom. The smallest absolute Gasteiger partial charge is 0.282 e. The van der Waals surface area contributed by atoms with Crippen molar-refractivity contribution in [2.75, 3.05) is 17.3 Å². The molecule has 6 nitrogen and oxygen atoms in total. The molecule has 32 heavy (non-hydrogen) atoms. The van der Waals surface area contributed by atoms with E-state index in [1.54, 1.807) is 48.5 Å². The van der Waals surface area contributed by atoms with Gasteiger partial charge in [0, 0.05) is 26.2 Å². The molecule has 0 aliphatic carbocycles. The molecule has 0 unspecified atom stereocenters. The summed E-state index contributed by atoms with van der Waals surface area (Å²) in [4.78, 5) is 41.4. The van der Waals surface area contributed by atoms with E-state index in [0.717, 1.165) is 5.56 Å². The van der Waals surface area contributed by atoms with E-state index in [2.05, 4.69) is 5.32 Å². The van der Waals surface area contributed by atoms with Gasteiger partial charge in [-0.15, -0.1) is 0 Å². The largest absolute Gasteiger partial charge is 0.365 e. The fraction of sp³-hybridized carbons (Fsp3) is 0.115. The van der Waals surface area contributed by atoms with Crippen LogP contribution in [0.3, 0.4) is 0 Å². The third kappa shape index (κ3) is 4.16. The summed E-state index contributed by atoms with van der Waals surface area (Å²) in [5.74, 6) is -0.911. The first-order chi connectivity index (χ1) is 15.5. The number of likely N-dealkylation sites (N-methyl/N-ethyl adjacent to an activating group) is 1. The van der Waals surface area contributed by atoms with Crippen molar-refractivity contribution in [3.63, 3.8) is 0 Å². The molecule has 0 spiro atoms. The molecular weight excluding hydrogens is 402 g/mol. The predicted octanol–water partition coefficient (Wildman–Crippen LogP) is 4.06. The van der Waals surface area contributed by atoms with Crippen LogP contribution >= 0.6 is 0 Å². The lowest BCUT2D eigenvalue weighted by Gasteiger charge is -2.21. The predicted molar refractivity (Wildman–Crippen MR) is 125 cm³/mol. The van der Waals surface area contributed by atoms with Crippen LogP contribution in [0.5, 0.6) is 0 Å². The van der Waals surface area contributed by atoms with Gasteiger partial charge in [0.15, 0.2) is 0 Å². The first-order valence-corrected chi connectivity index (χ1v) is 10.3. The SMILES string of the molecule is CC(=O)Nc1ccc(C2=C(N(C)Cc3ccccc3)C(=O)N(c3ccccc3)C2=O)cc1. The maximum absolute atomic E-state index is 13.5. The topological polar surface area (TPSA) is 69.7 Å². The Bertz CT molecular complexity index is 1190. The fourth-order valence-electron chi connectivity index (χ4n) is 3.80. The number of hydrogen-bond donors (Lipinski definition) is 1. The molecule has 0 saturated heterocycles. The number of imide groups is 1. The van der Waals surface area contributed by atoms with Crippen LogP contribution in [-0.2, 0) is 20.9 Å². The van der Waals surface area contributed by atoms with Gasteiger partial charge in [-0.25, -0.2) is 4.90 Å². The molecule has 4 rings (SSSR count). The molecule has 1 heterocycles. The minimum atomic E-state index is -0.372. The minimum absolute atomic E-state index is 0.178. The molecule has 0 saturated carbocycles. The highest BCUT2D eigenvalue weighted by Gasteiger charge is 2.41. The van der Waals surface area contributed by atoms with Gasteiger partial charge in [-0.05, 0) is 35.4 Å². The van der Waals surface area contributed by atoms with E-state index in [0.29, 0.717) is 34.8 Å². The van der Waals surface area contributed by atoms with Crippen molar-refractivity contribution < 1.29 is 14.4 Å². The van der Waals surface area contributed by atoms with Crippen molar-refractivity contribution in [3.8, 4) is 0 Å². The number of rotatable bonds is 6. The summed E-state index contributed by atoms with van der Waals surface area (Å²) in [5.41, 5.74) is 3.48. The summed E-state index contributed by atoms with van der Waals surface area (Å²) in [5, 5.41) is 2.72. The summed E-state index contributed by atoms with van der Waals surface area (Å²) < 4.78 is 0. The van der Waals surface area contributed by atoms with E-state index in [-0.39, 0.29) is 17.7 Å². The molecule has 3 amide bonds. The Morgan fingerprint density at radius 3 is 2.03 bits per heavy atom. The van der Waals surface area contributed by atoms with E-state index in [4.69, 9.17) is 0 Å². The van der Waals surface area contributed by atoms with E-state index in [1.807, 2.05) is 48.3 Å². The van der Waals surface area contributed by atoms with E-state index < -0.39 is 0 Å². The van der Waals surface area contributed by atoms with Crippen LogP contribution in [-0.4, -0.2) is 29.7 Å². The zero-order valence-electron chi connectivity index (χ0n) is 17.9. The van der Waals surface area contributed by atoms with Crippen molar-refractivity contribution in [1.82, 2.24) is 4.90 Å². The van der Waals surface area contributed by atoms with Gasteiger partial charge < -0.3 is 10.2 Å². The Balaban J connectivity index is 1.76. The van der Waals surface area contributed by atoms with E-state index in [9.17, 15) is 14.4 Å². The van der Waals surface area contributed by atoms with Gasteiger partial charge >= 0.3 is 0 Å². The van der Waals surface area contributed by atoms with Crippen LogP contribution < -0.4 is 10.2 Å². The Hall–Kier alpha value is -4.19. The number of carbonyl (C=O) groups is 3. The second-order valence-corrected chi connectivity index (χ2v) is 7.61. The number of benzene rings is 3. The van der Waals surface area contributed by atoms with Gasteiger partial charge in [-0.2, -0.15) is 0 Å². The van der Waals surface area contributed by atoms with Gasteiger partial charge in [-0.3, -0.25) is 14.4 Å². The lowest BCUT2D eigenvalue weighted by molar-refractivity contribution is -0.120. The zero-order valence-corrected chi connectivity index (χ0v) is 17.9. The van der Waals surface area contributed by atoms with Crippen LogP contribution in [0.4, 0.5) is 11.4 Å². The summed E-state index contributed by atoms with van der Waals surface area (Å²) in [6, 6.07) is 25.6. The molecule has 160 valence electrons. The highest BCUT2D eigenvalue weighted by Crippen LogP contribution is 2.35. The lowest BCUT2D eigenvalue weighted by atomic mass is 10.0. The summed E-state index contributed by atoms with van der Waals surface area (Å²) >= 11 is 0. The van der Waals surface area contributed by atoms with Crippen LogP contribution in [0.15, 0.2) is 90.6 Å². The molecule has 0 bridgehead atoms. The molecule has 1 aliphatic rings. The normalized spacial score (nSPS) is 13.5. The number of nitrogens with one attached hydrogen (secondary N) is 1. The second kappa shape index (κ2) is 8.89. The third-order valence-electron chi connectivity index (χ3n) is 5.21. The van der Waals surface area contributed by atoms with Crippen molar-refractivity contribution in [1.29, 1.82) is 0 Å². The molecule has 0 fully saturated rings. The number of carbonyl (C=O) groups excluding carboxylic acids is 3. The van der Waals surface area contributed by atoms with Gasteiger partial charge in [-0.1, -0.05) is 60.7 Å². The molecule has 3 aromatic rings. The molecule has 0 atom stereocenters. The third-order valence-corrected chi connectivity index (χ3v) is 5.21. The fourth-order valence-corrected chi connectivity index (χ4v) is 3.80. The summed E-state index contributed by atoms with van der Waals surface area (Å²) in [6.07, 6.45) is 0. The van der Waals surface area contributed by atoms with Gasteiger partial charge in [0.1, 0.15) is 5.70 Å².